The smallest absolute Gasteiger partial charge is 0.297 e. The summed E-state index contributed by atoms with van der Waals surface area (Å²) in [5.74, 6) is -0.489. The zero-order valence-electron chi connectivity index (χ0n) is 14.9. The van der Waals surface area contributed by atoms with E-state index in [1.54, 1.807) is 24.3 Å². The van der Waals surface area contributed by atoms with Gasteiger partial charge in [-0.25, -0.2) is 9.97 Å². The highest BCUT2D eigenvalue weighted by Gasteiger charge is 2.19. The molecule has 0 atom stereocenters. The van der Waals surface area contributed by atoms with Crippen molar-refractivity contribution in [1.82, 2.24) is 14.5 Å². The second kappa shape index (κ2) is 9.64. The first-order valence-electron chi connectivity index (χ1n) is 7.88. The lowest BCUT2D eigenvalue weighted by Crippen LogP contribution is -2.18. The van der Waals surface area contributed by atoms with Crippen molar-refractivity contribution < 1.29 is 9.52 Å². The van der Waals surface area contributed by atoms with E-state index in [1.165, 1.54) is 7.05 Å². The highest BCUT2D eigenvalue weighted by atomic mass is 35.5. The molecule has 7 heteroatoms. The Hall–Kier alpha value is -2.60. The lowest BCUT2D eigenvalue weighted by Gasteiger charge is -2.03. The summed E-state index contributed by atoms with van der Waals surface area (Å²) in [4.78, 5) is 19.8. The van der Waals surface area contributed by atoms with Gasteiger partial charge in [0.2, 0.25) is 16.9 Å². The van der Waals surface area contributed by atoms with Crippen LogP contribution in [0.1, 0.15) is 27.7 Å². The Morgan fingerprint density at radius 1 is 1.16 bits per heavy atom. The molecule has 0 saturated heterocycles. The second-order valence-electron chi connectivity index (χ2n) is 4.60. The molecule has 0 spiro atoms. The van der Waals surface area contributed by atoms with Crippen LogP contribution in [-0.2, 0) is 7.05 Å². The highest BCUT2D eigenvalue weighted by molar-refractivity contribution is 6.28. The number of nitrogens with zero attached hydrogens (tertiary/aromatic N) is 3. The SMILES string of the molecule is CC.CC=CC.Cn1c(Cl)nc(-c2nc3ccccc3o2)c(O)c1=O. The Balaban J connectivity index is 0.000000461. The molecule has 3 aromatic rings. The lowest BCUT2D eigenvalue weighted by molar-refractivity contribution is 0.456. The summed E-state index contributed by atoms with van der Waals surface area (Å²) in [6.45, 7) is 8.00. The van der Waals surface area contributed by atoms with Crippen LogP contribution in [0.25, 0.3) is 22.7 Å². The summed E-state index contributed by atoms with van der Waals surface area (Å²) in [7, 11) is 1.41. The van der Waals surface area contributed by atoms with Crippen LogP contribution < -0.4 is 5.56 Å². The summed E-state index contributed by atoms with van der Waals surface area (Å²) >= 11 is 5.81. The van der Waals surface area contributed by atoms with Crippen LogP contribution in [-0.4, -0.2) is 19.6 Å². The van der Waals surface area contributed by atoms with Crippen LogP contribution in [0.5, 0.6) is 5.75 Å². The highest BCUT2D eigenvalue weighted by Crippen LogP contribution is 2.27. The van der Waals surface area contributed by atoms with Gasteiger partial charge in [0.1, 0.15) is 5.52 Å². The van der Waals surface area contributed by atoms with Gasteiger partial charge in [0.05, 0.1) is 0 Å². The van der Waals surface area contributed by atoms with Gasteiger partial charge < -0.3 is 9.52 Å². The van der Waals surface area contributed by atoms with Crippen LogP contribution in [0.2, 0.25) is 5.28 Å². The Morgan fingerprint density at radius 3 is 2.32 bits per heavy atom. The summed E-state index contributed by atoms with van der Waals surface area (Å²) in [5.41, 5.74) is 0.424. The lowest BCUT2D eigenvalue weighted by atomic mass is 10.3. The van der Waals surface area contributed by atoms with Crippen LogP contribution in [0.15, 0.2) is 45.6 Å². The van der Waals surface area contributed by atoms with E-state index < -0.39 is 11.3 Å². The maximum atomic E-state index is 11.7. The molecule has 2 aromatic heterocycles. The molecule has 0 radical (unpaired) electrons. The van der Waals surface area contributed by atoms with Crippen molar-refractivity contribution in [3.05, 3.63) is 52.1 Å². The van der Waals surface area contributed by atoms with Crippen molar-refractivity contribution in [1.29, 1.82) is 0 Å². The molecule has 25 heavy (non-hydrogen) atoms. The molecule has 1 N–H and O–H groups in total. The maximum Gasteiger partial charge on any atom is 0.297 e. The normalized spacial score (nSPS) is 10.2. The van der Waals surface area contributed by atoms with E-state index in [4.69, 9.17) is 16.0 Å². The van der Waals surface area contributed by atoms with Crippen molar-refractivity contribution in [2.75, 3.05) is 0 Å². The Labute approximate surface area is 151 Å². The second-order valence-corrected chi connectivity index (χ2v) is 4.93. The summed E-state index contributed by atoms with van der Waals surface area (Å²) in [6, 6.07) is 7.08. The van der Waals surface area contributed by atoms with E-state index in [1.807, 2.05) is 39.8 Å². The molecule has 0 aliphatic rings. The van der Waals surface area contributed by atoms with Gasteiger partial charge in [-0.15, -0.1) is 0 Å². The van der Waals surface area contributed by atoms with Crippen LogP contribution in [0.3, 0.4) is 0 Å². The maximum absolute atomic E-state index is 11.7. The average molecular weight is 364 g/mol. The molecule has 1 aromatic carbocycles. The number of benzene rings is 1. The minimum Gasteiger partial charge on any atom is -0.501 e. The molecule has 0 amide bonds. The van der Waals surface area contributed by atoms with Gasteiger partial charge in [0, 0.05) is 7.05 Å². The predicted molar refractivity (Wildman–Crippen MR) is 101 cm³/mol. The molecule has 0 unspecified atom stereocenters. The standard InChI is InChI=1S/C12H8ClN3O3.C4H8.C2H6/c1-16-11(18)9(17)8(15-12(16)13)10-14-6-4-2-3-5-7(6)19-10;1-3-4-2;1-2/h2-5,17H,1H3;3-4H,1-2H3;1-2H3. The minimum absolute atomic E-state index is 0.0540. The van der Waals surface area contributed by atoms with Crippen molar-refractivity contribution in [2.45, 2.75) is 27.7 Å². The molecule has 0 aliphatic carbocycles. The van der Waals surface area contributed by atoms with Crippen LogP contribution in [0, 0.1) is 0 Å². The van der Waals surface area contributed by atoms with Gasteiger partial charge in [0.15, 0.2) is 11.3 Å². The molecule has 0 aliphatic heterocycles. The van der Waals surface area contributed by atoms with Crippen LogP contribution >= 0.6 is 11.6 Å². The first-order valence-corrected chi connectivity index (χ1v) is 8.26. The number of para-hydroxylation sites is 2. The number of hydrogen-bond donors (Lipinski definition) is 1. The minimum atomic E-state index is -0.655. The fourth-order valence-corrected chi connectivity index (χ4v) is 1.85. The quantitative estimate of drug-likeness (QED) is 0.506. The number of rotatable bonds is 1. The van der Waals surface area contributed by atoms with Gasteiger partial charge in [0.25, 0.3) is 5.56 Å². The molecule has 0 saturated carbocycles. The van der Waals surface area contributed by atoms with E-state index in [-0.39, 0.29) is 16.9 Å². The fraction of sp³-hybridized carbons (Fsp3) is 0.278. The van der Waals surface area contributed by atoms with Gasteiger partial charge in [-0.2, -0.15) is 0 Å². The number of oxazole rings is 1. The van der Waals surface area contributed by atoms with Gasteiger partial charge >= 0.3 is 0 Å². The first kappa shape index (κ1) is 20.4. The van der Waals surface area contributed by atoms with Crippen molar-refractivity contribution >= 4 is 22.7 Å². The summed E-state index contributed by atoms with van der Waals surface area (Å²) < 4.78 is 6.48. The predicted octanol–water partition coefficient (Wildman–Crippen LogP) is 4.56. The number of halogens is 1. The number of allylic oxidation sites excluding steroid dienone is 2. The molecular weight excluding hydrogens is 342 g/mol. The van der Waals surface area contributed by atoms with Gasteiger partial charge in [-0.3, -0.25) is 9.36 Å². The van der Waals surface area contributed by atoms with E-state index in [0.29, 0.717) is 11.1 Å². The van der Waals surface area contributed by atoms with Gasteiger partial charge in [-0.1, -0.05) is 38.1 Å². The van der Waals surface area contributed by atoms with E-state index in [9.17, 15) is 9.90 Å². The summed E-state index contributed by atoms with van der Waals surface area (Å²) in [5, 5.41) is 9.77. The van der Waals surface area contributed by atoms with Gasteiger partial charge in [-0.05, 0) is 37.6 Å². The zero-order valence-corrected chi connectivity index (χ0v) is 15.7. The van der Waals surface area contributed by atoms with E-state index in [0.717, 1.165) is 4.57 Å². The van der Waals surface area contributed by atoms with Crippen molar-refractivity contribution in [3.8, 4) is 17.3 Å². The first-order chi connectivity index (χ1) is 12.0. The Morgan fingerprint density at radius 2 is 1.76 bits per heavy atom. The third-order valence-corrected chi connectivity index (χ3v) is 3.38. The fourth-order valence-electron chi connectivity index (χ4n) is 1.69. The van der Waals surface area contributed by atoms with Crippen molar-refractivity contribution in [2.24, 2.45) is 7.05 Å². The molecular formula is C18H22ClN3O3. The number of hydrogen-bond acceptors (Lipinski definition) is 5. The third-order valence-electron chi connectivity index (χ3n) is 3.04. The van der Waals surface area contributed by atoms with Crippen molar-refractivity contribution in [3.63, 3.8) is 0 Å². The monoisotopic (exact) mass is 363 g/mol. The largest absolute Gasteiger partial charge is 0.501 e. The van der Waals surface area contributed by atoms with E-state index in [2.05, 4.69) is 9.97 Å². The topological polar surface area (TPSA) is 81.2 Å². The zero-order chi connectivity index (χ0) is 19.0. The summed E-state index contributed by atoms with van der Waals surface area (Å²) in [6.07, 6.45) is 4.00. The molecule has 0 fully saturated rings. The molecule has 0 bridgehead atoms. The molecule has 6 nitrogen and oxygen atoms in total. The Kier molecular flexibility index (Phi) is 7.88. The van der Waals surface area contributed by atoms with Crippen LogP contribution in [0.4, 0.5) is 0 Å². The molecule has 3 rings (SSSR count). The molecule has 134 valence electrons. The number of aromatic nitrogens is 3. The Bertz CT molecular complexity index is 877. The third kappa shape index (κ3) is 4.70. The molecule has 2 heterocycles. The average Bonchev–Trinajstić information content (AvgIpc) is 3.08. The van der Waals surface area contributed by atoms with E-state index >= 15 is 0 Å². The number of aromatic hydroxyl groups is 1. The number of fused-ring (bicyclic) bond motifs is 1.